The van der Waals surface area contributed by atoms with E-state index >= 15 is 0 Å². The van der Waals surface area contributed by atoms with Crippen LogP contribution in [-0.4, -0.2) is 31.8 Å². The van der Waals surface area contributed by atoms with Crippen LogP contribution in [0, 0.1) is 0 Å². The highest BCUT2D eigenvalue weighted by Gasteiger charge is 2.19. The van der Waals surface area contributed by atoms with E-state index in [0.29, 0.717) is 12.5 Å². The maximum Gasteiger partial charge on any atom is 0.322 e. The number of carbonyl (C=O) groups is 1. The lowest BCUT2D eigenvalue weighted by atomic mass is 10.1. The molecule has 2 atom stereocenters. The van der Waals surface area contributed by atoms with Crippen LogP contribution in [0.3, 0.4) is 0 Å². The van der Waals surface area contributed by atoms with Gasteiger partial charge < -0.3 is 15.2 Å². The van der Waals surface area contributed by atoms with Gasteiger partial charge in [-0.1, -0.05) is 0 Å². The van der Waals surface area contributed by atoms with Crippen molar-refractivity contribution in [3.63, 3.8) is 0 Å². The summed E-state index contributed by atoms with van der Waals surface area (Å²) in [6, 6.07) is -0.491. The van der Waals surface area contributed by atoms with E-state index in [9.17, 15) is 4.79 Å². The zero-order valence-electron chi connectivity index (χ0n) is 7.99. The number of esters is 1. The van der Waals surface area contributed by atoms with Crippen LogP contribution in [0.4, 0.5) is 0 Å². The molecule has 1 heterocycles. The van der Waals surface area contributed by atoms with Crippen molar-refractivity contribution in [3.8, 4) is 0 Å². The molecule has 1 aliphatic rings. The van der Waals surface area contributed by atoms with Gasteiger partial charge in [-0.05, 0) is 25.7 Å². The predicted molar refractivity (Wildman–Crippen MR) is 48.2 cm³/mol. The van der Waals surface area contributed by atoms with Crippen LogP contribution in [0.1, 0.15) is 25.7 Å². The molecule has 1 saturated heterocycles. The minimum Gasteiger partial charge on any atom is -0.468 e. The first kappa shape index (κ1) is 10.5. The summed E-state index contributed by atoms with van der Waals surface area (Å²) in [5, 5.41) is 0. The van der Waals surface area contributed by atoms with Crippen LogP contribution < -0.4 is 5.73 Å². The molecule has 0 saturated carbocycles. The molecule has 0 aromatic heterocycles. The van der Waals surface area contributed by atoms with Crippen molar-refractivity contribution >= 4 is 5.97 Å². The third-order valence-corrected chi connectivity index (χ3v) is 2.33. The average Bonchev–Trinajstić information content (AvgIpc) is 2.65. The highest BCUT2D eigenvalue weighted by atomic mass is 16.5. The van der Waals surface area contributed by atoms with Gasteiger partial charge in [-0.3, -0.25) is 4.79 Å². The molecule has 1 rings (SSSR count). The summed E-state index contributed by atoms with van der Waals surface area (Å²) >= 11 is 0. The summed E-state index contributed by atoms with van der Waals surface area (Å²) < 4.78 is 9.93. The molecule has 0 bridgehead atoms. The standard InChI is InChI=1S/C9H17NO3/c1-12-9(11)8(10)5-4-7-3-2-6-13-7/h7-8H,2-6,10H2,1H3. The molecule has 0 aliphatic carbocycles. The smallest absolute Gasteiger partial charge is 0.322 e. The van der Waals surface area contributed by atoms with Gasteiger partial charge in [0.1, 0.15) is 6.04 Å². The average molecular weight is 187 g/mol. The second-order valence-corrected chi connectivity index (χ2v) is 3.34. The molecule has 1 fully saturated rings. The maximum absolute atomic E-state index is 10.9. The Hall–Kier alpha value is -0.610. The monoisotopic (exact) mass is 187 g/mol. The van der Waals surface area contributed by atoms with Crippen molar-refractivity contribution in [2.45, 2.75) is 37.8 Å². The first-order chi connectivity index (χ1) is 6.24. The Kier molecular flexibility index (Phi) is 4.18. The molecule has 0 aromatic carbocycles. The first-order valence-electron chi connectivity index (χ1n) is 4.69. The summed E-state index contributed by atoms with van der Waals surface area (Å²) in [4.78, 5) is 10.9. The summed E-state index contributed by atoms with van der Waals surface area (Å²) in [5.41, 5.74) is 5.58. The van der Waals surface area contributed by atoms with Gasteiger partial charge in [-0.15, -0.1) is 0 Å². The number of methoxy groups -OCH3 is 1. The van der Waals surface area contributed by atoms with Crippen LogP contribution in [0.2, 0.25) is 0 Å². The third kappa shape index (κ3) is 3.32. The summed E-state index contributed by atoms with van der Waals surface area (Å²) in [5.74, 6) is -0.335. The molecule has 76 valence electrons. The van der Waals surface area contributed by atoms with Gasteiger partial charge in [-0.25, -0.2) is 0 Å². The lowest BCUT2D eigenvalue weighted by Gasteiger charge is -2.12. The van der Waals surface area contributed by atoms with Gasteiger partial charge in [0.15, 0.2) is 0 Å². The molecule has 1 aliphatic heterocycles. The van der Waals surface area contributed by atoms with E-state index in [1.807, 2.05) is 0 Å². The zero-order valence-corrected chi connectivity index (χ0v) is 7.99. The van der Waals surface area contributed by atoms with Gasteiger partial charge >= 0.3 is 5.97 Å². The molecule has 0 aromatic rings. The molecule has 2 unspecified atom stereocenters. The molecular weight excluding hydrogens is 170 g/mol. The maximum atomic E-state index is 10.9. The highest BCUT2D eigenvalue weighted by Crippen LogP contribution is 2.17. The van der Waals surface area contributed by atoms with Gasteiger partial charge in [-0.2, -0.15) is 0 Å². The van der Waals surface area contributed by atoms with Gasteiger partial charge in [0, 0.05) is 6.61 Å². The van der Waals surface area contributed by atoms with Crippen molar-refractivity contribution in [3.05, 3.63) is 0 Å². The number of hydrogen-bond donors (Lipinski definition) is 1. The number of hydrogen-bond acceptors (Lipinski definition) is 4. The fourth-order valence-electron chi connectivity index (χ4n) is 1.51. The summed E-state index contributed by atoms with van der Waals surface area (Å²) in [6.45, 7) is 0.845. The fraction of sp³-hybridized carbons (Fsp3) is 0.889. The number of ether oxygens (including phenoxy) is 2. The molecule has 0 amide bonds. The highest BCUT2D eigenvalue weighted by molar-refractivity contribution is 5.75. The van der Waals surface area contributed by atoms with Crippen molar-refractivity contribution in [1.29, 1.82) is 0 Å². The minimum absolute atomic E-state index is 0.302. The van der Waals surface area contributed by atoms with Crippen LogP contribution in [0.25, 0.3) is 0 Å². The fourth-order valence-corrected chi connectivity index (χ4v) is 1.51. The summed E-state index contributed by atoms with van der Waals surface area (Å²) in [7, 11) is 1.36. The Labute approximate surface area is 78.4 Å². The third-order valence-electron chi connectivity index (χ3n) is 2.33. The van der Waals surface area contributed by atoms with E-state index in [1.54, 1.807) is 0 Å². The molecule has 0 spiro atoms. The SMILES string of the molecule is COC(=O)C(N)CCC1CCCO1. The Morgan fingerprint density at radius 2 is 2.54 bits per heavy atom. The molecule has 13 heavy (non-hydrogen) atoms. The van der Waals surface area contributed by atoms with Crippen molar-refractivity contribution < 1.29 is 14.3 Å². The second kappa shape index (κ2) is 5.19. The van der Waals surface area contributed by atoms with Gasteiger partial charge in [0.2, 0.25) is 0 Å². The van der Waals surface area contributed by atoms with Crippen LogP contribution in [0.15, 0.2) is 0 Å². The van der Waals surface area contributed by atoms with E-state index in [0.717, 1.165) is 25.9 Å². The molecule has 4 heteroatoms. The lowest BCUT2D eigenvalue weighted by molar-refractivity contribution is -0.142. The summed E-state index contributed by atoms with van der Waals surface area (Å²) in [6.07, 6.45) is 4.02. The minimum atomic E-state index is -0.491. The van der Waals surface area contributed by atoms with Crippen LogP contribution in [-0.2, 0) is 14.3 Å². The van der Waals surface area contributed by atoms with Crippen molar-refractivity contribution in [2.24, 2.45) is 5.73 Å². The van der Waals surface area contributed by atoms with E-state index in [4.69, 9.17) is 10.5 Å². The molecular formula is C9H17NO3. The largest absolute Gasteiger partial charge is 0.468 e. The quantitative estimate of drug-likeness (QED) is 0.649. The number of nitrogens with two attached hydrogens (primary N) is 1. The normalized spacial score (nSPS) is 24.3. The molecule has 0 radical (unpaired) electrons. The van der Waals surface area contributed by atoms with Crippen LogP contribution >= 0.6 is 0 Å². The van der Waals surface area contributed by atoms with E-state index in [2.05, 4.69) is 4.74 Å². The van der Waals surface area contributed by atoms with Crippen molar-refractivity contribution in [2.75, 3.05) is 13.7 Å². The Morgan fingerprint density at radius 3 is 3.08 bits per heavy atom. The number of carbonyl (C=O) groups excluding carboxylic acids is 1. The van der Waals surface area contributed by atoms with Crippen LogP contribution in [0.5, 0.6) is 0 Å². The topological polar surface area (TPSA) is 61.5 Å². The van der Waals surface area contributed by atoms with Crippen molar-refractivity contribution in [1.82, 2.24) is 0 Å². The Morgan fingerprint density at radius 1 is 1.77 bits per heavy atom. The predicted octanol–water partition coefficient (Wildman–Crippen LogP) is 0.446. The van der Waals surface area contributed by atoms with E-state index in [1.165, 1.54) is 7.11 Å². The molecule has 4 nitrogen and oxygen atoms in total. The van der Waals surface area contributed by atoms with E-state index < -0.39 is 6.04 Å². The lowest BCUT2D eigenvalue weighted by Crippen LogP contribution is -2.32. The van der Waals surface area contributed by atoms with Gasteiger partial charge in [0.25, 0.3) is 0 Å². The second-order valence-electron chi connectivity index (χ2n) is 3.34. The Bertz CT molecular complexity index is 166. The first-order valence-corrected chi connectivity index (χ1v) is 4.69. The Balaban J connectivity index is 2.13. The van der Waals surface area contributed by atoms with Gasteiger partial charge in [0.05, 0.1) is 13.2 Å². The zero-order chi connectivity index (χ0) is 9.68. The number of rotatable bonds is 4. The molecule has 2 N–H and O–H groups in total. The van der Waals surface area contributed by atoms with E-state index in [-0.39, 0.29) is 5.97 Å².